The van der Waals surface area contributed by atoms with Crippen LogP contribution in [0.15, 0.2) is 42.5 Å². The quantitative estimate of drug-likeness (QED) is 0.403. The Morgan fingerprint density at radius 2 is 1.72 bits per heavy atom. The largest absolute Gasteiger partial charge is 0.358 e. The van der Waals surface area contributed by atoms with Crippen molar-refractivity contribution in [3.63, 3.8) is 0 Å². The lowest BCUT2D eigenvalue weighted by Crippen LogP contribution is -2.51. The number of aryl methyl sites for hydroxylation is 1. The summed E-state index contributed by atoms with van der Waals surface area (Å²) in [6, 6.07) is 14.8. The standard InChI is InChI=1S/C36H42N4O3/c1-23-31(37-24(2)34(23)36(43)40-17-15-39(16-18-40)28-12-5-6-13-28)22-30-32(41)21-27-11-8-14-29(35(27)30)26-10-7-9-25(19-26)20-33(42)38(3)4/h7-11,14,19,22,28,37H,5-6,12-13,15-18,20-21H2,1-4H3. The number of piperazine rings is 1. The fourth-order valence-electron chi connectivity index (χ4n) is 7.15. The number of benzene rings is 2. The molecule has 6 rings (SSSR count). The molecule has 2 fully saturated rings. The molecule has 2 amide bonds. The predicted molar refractivity (Wildman–Crippen MR) is 171 cm³/mol. The number of amides is 2. The lowest BCUT2D eigenvalue weighted by molar-refractivity contribution is -0.128. The molecular formula is C36H42N4O3. The van der Waals surface area contributed by atoms with E-state index in [1.165, 1.54) is 25.7 Å². The molecule has 0 atom stereocenters. The summed E-state index contributed by atoms with van der Waals surface area (Å²) in [7, 11) is 3.53. The molecule has 0 spiro atoms. The summed E-state index contributed by atoms with van der Waals surface area (Å²) in [5.74, 6) is 0.193. The molecule has 0 radical (unpaired) electrons. The van der Waals surface area contributed by atoms with Gasteiger partial charge >= 0.3 is 0 Å². The maximum absolute atomic E-state index is 13.7. The van der Waals surface area contributed by atoms with Crippen molar-refractivity contribution in [2.24, 2.45) is 0 Å². The number of H-pyrrole nitrogens is 1. The Bertz CT molecular complexity index is 1600. The van der Waals surface area contributed by atoms with E-state index >= 15 is 0 Å². The summed E-state index contributed by atoms with van der Waals surface area (Å²) in [6.07, 6.45) is 7.83. The monoisotopic (exact) mass is 578 g/mol. The third-order valence-corrected chi connectivity index (χ3v) is 9.58. The number of ketones is 1. The molecule has 2 aliphatic carbocycles. The molecule has 2 heterocycles. The molecule has 224 valence electrons. The first kappa shape index (κ1) is 29.1. The van der Waals surface area contributed by atoms with Gasteiger partial charge in [0.05, 0.1) is 12.0 Å². The number of likely N-dealkylation sites (N-methyl/N-ethyl adjacent to an activating group) is 1. The molecule has 1 saturated heterocycles. The van der Waals surface area contributed by atoms with Crippen LogP contribution < -0.4 is 0 Å². The Labute approximate surface area is 254 Å². The lowest BCUT2D eigenvalue weighted by atomic mass is 9.92. The number of nitrogens with one attached hydrogen (secondary N) is 1. The molecule has 0 unspecified atom stereocenters. The third kappa shape index (κ3) is 5.70. The molecule has 3 aliphatic rings. The smallest absolute Gasteiger partial charge is 0.256 e. The summed E-state index contributed by atoms with van der Waals surface area (Å²) in [5.41, 5.74) is 8.74. The summed E-state index contributed by atoms with van der Waals surface area (Å²) in [6.45, 7) is 7.32. The molecule has 0 bridgehead atoms. The van der Waals surface area contributed by atoms with Crippen LogP contribution in [0.4, 0.5) is 0 Å². The highest BCUT2D eigenvalue weighted by molar-refractivity contribution is 6.31. The van der Waals surface area contributed by atoms with Gasteiger partial charge in [0.1, 0.15) is 0 Å². The number of carbonyl (C=O) groups is 3. The number of hydrogen-bond donors (Lipinski definition) is 1. The molecule has 7 heteroatoms. The third-order valence-electron chi connectivity index (χ3n) is 9.58. The Hall–Kier alpha value is -3.97. The van der Waals surface area contributed by atoms with Gasteiger partial charge in [0.2, 0.25) is 5.91 Å². The van der Waals surface area contributed by atoms with Crippen molar-refractivity contribution in [1.29, 1.82) is 0 Å². The fraction of sp³-hybridized carbons (Fsp3) is 0.417. The number of Topliss-reactive ketones (excluding diaryl/α,β-unsaturated/α-hetero) is 1. The number of hydrogen-bond acceptors (Lipinski definition) is 4. The van der Waals surface area contributed by atoms with Gasteiger partial charge in [-0.1, -0.05) is 55.3 Å². The van der Waals surface area contributed by atoms with Crippen molar-refractivity contribution < 1.29 is 14.4 Å². The molecule has 1 aromatic heterocycles. The first-order valence-electron chi connectivity index (χ1n) is 15.6. The first-order chi connectivity index (χ1) is 20.7. The number of nitrogens with zero attached hydrogens (tertiary/aromatic N) is 3. The van der Waals surface area contributed by atoms with Crippen LogP contribution in [0.1, 0.15) is 69.7 Å². The zero-order valence-corrected chi connectivity index (χ0v) is 25.8. The average molecular weight is 579 g/mol. The van der Waals surface area contributed by atoms with E-state index in [0.29, 0.717) is 24.5 Å². The highest BCUT2D eigenvalue weighted by atomic mass is 16.2. The van der Waals surface area contributed by atoms with Crippen LogP contribution in [0.3, 0.4) is 0 Å². The van der Waals surface area contributed by atoms with E-state index in [1.807, 2.05) is 67.3 Å². The summed E-state index contributed by atoms with van der Waals surface area (Å²) >= 11 is 0. The maximum Gasteiger partial charge on any atom is 0.256 e. The van der Waals surface area contributed by atoms with Gasteiger partial charge in [0.25, 0.3) is 5.91 Å². The van der Waals surface area contributed by atoms with Crippen molar-refractivity contribution in [1.82, 2.24) is 19.7 Å². The zero-order chi connectivity index (χ0) is 30.2. The van der Waals surface area contributed by atoms with E-state index in [9.17, 15) is 14.4 Å². The van der Waals surface area contributed by atoms with Crippen molar-refractivity contribution in [3.8, 4) is 11.1 Å². The number of allylic oxidation sites excluding steroid dienone is 1. The Balaban J connectivity index is 1.28. The van der Waals surface area contributed by atoms with Crippen molar-refractivity contribution in [2.75, 3.05) is 40.3 Å². The van der Waals surface area contributed by atoms with Gasteiger partial charge in [0, 0.05) is 69.7 Å². The Morgan fingerprint density at radius 1 is 1.00 bits per heavy atom. The fourth-order valence-corrected chi connectivity index (χ4v) is 7.15. The maximum atomic E-state index is 13.7. The van der Waals surface area contributed by atoms with Crippen molar-refractivity contribution in [2.45, 2.75) is 58.4 Å². The van der Waals surface area contributed by atoms with Gasteiger partial charge in [-0.25, -0.2) is 0 Å². The van der Waals surface area contributed by atoms with E-state index in [1.54, 1.807) is 19.0 Å². The minimum atomic E-state index is 0.0461. The van der Waals surface area contributed by atoms with Crippen LogP contribution in [0.25, 0.3) is 22.8 Å². The molecule has 1 saturated carbocycles. The second kappa shape index (κ2) is 12.0. The van der Waals surface area contributed by atoms with E-state index < -0.39 is 0 Å². The number of aromatic nitrogens is 1. The second-order valence-electron chi connectivity index (χ2n) is 12.6. The summed E-state index contributed by atoms with van der Waals surface area (Å²) < 4.78 is 0. The number of rotatable bonds is 6. The van der Waals surface area contributed by atoms with Crippen LogP contribution in [-0.4, -0.2) is 83.6 Å². The van der Waals surface area contributed by atoms with E-state index in [0.717, 1.165) is 76.5 Å². The normalized spacial score (nSPS) is 18.5. The lowest BCUT2D eigenvalue weighted by Gasteiger charge is -2.38. The van der Waals surface area contributed by atoms with Gasteiger partial charge in [0.15, 0.2) is 5.78 Å². The van der Waals surface area contributed by atoms with Crippen LogP contribution in [0.5, 0.6) is 0 Å². The SMILES string of the molecule is Cc1[nH]c(C=C2C(=O)Cc3cccc(-c4cccc(CC(=O)N(C)C)c4)c32)c(C)c1C(=O)N1CCN(C2CCCC2)CC1. The topological polar surface area (TPSA) is 76.7 Å². The van der Waals surface area contributed by atoms with E-state index in [2.05, 4.69) is 9.88 Å². The summed E-state index contributed by atoms with van der Waals surface area (Å²) in [5, 5.41) is 0. The zero-order valence-electron chi connectivity index (χ0n) is 25.8. The van der Waals surface area contributed by atoms with Crippen molar-refractivity contribution >= 4 is 29.2 Å². The van der Waals surface area contributed by atoms with E-state index in [-0.39, 0.29) is 17.6 Å². The first-order valence-corrected chi connectivity index (χ1v) is 15.6. The van der Waals surface area contributed by atoms with Crippen LogP contribution in [-0.2, 0) is 22.4 Å². The Morgan fingerprint density at radius 3 is 2.44 bits per heavy atom. The van der Waals surface area contributed by atoms with Crippen LogP contribution in [0.2, 0.25) is 0 Å². The molecular weight excluding hydrogens is 536 g/mol. The molecule has 7 nitrogen and oxygen atoms in total. The van der Waals surface area contributed by atoms with Gasteiger partial charge in [-0.2, -0.15) is 0 Å². The van der Waals surface area contributed by atoms with Crippen LogP contribution >= 0.6 is 0 Å². The molecule has 43 heavy (non-hydrogen) atoms. The average Bonchev–Trinajstić information content (AvgIpc) is 3.71. The molecule has 2 aromatic carbocycles. The van der Waals surface area contributed by atoms with Gasteiger partial charge in [-0.05, 0) is 66.1 Å². The second-order valence-corrected chi connectivity index (χ2v) is 12.6. The minimum absolute atomic E-state index is 0.0461. The molecule has 3 aromatic rings. The van der Waals surface area contributed by atoms with Gasteiger partial charge in [-0.3, -0.25) is 19.3 Å². The van der Waals surface area contributed by atoms with Gasteiger partial charge in [-0.15, -0.1) is 0 Å². The van der Waals surface area contributed by atoms with Crippen molar-refractivity contribution in [3.05, 3.63) is 81.7 Å². The van der Waals surface area contributed by atoms with E-state index in [4.69, 9.17) is 0 Å². The minimum Gasteiger partial charge on any atom is -0.358 e. The molecule has 1 aliphatic heterocycles. The molecule has 1 N–H and O–H groups in total. The number of aromatic amines is 1. The van der Waals surface area contributed by atoms with Gasteiger partial charge < -0.3 is 14.8 Å². The Kier molecular flexibility index (Phi) is 8.10. The predicted octanol–water partition coefficient (Wildman–Crippen LogP) is 5.30. The van der Waals surface area contributed by atoms with Crippen LogP contribution in [0, 0.1) is 13.8 Å². The highest BCUT2D eigenvalue weighted by Crippen LogP contribution is 2.39. The number of carbonyl (C=O) groups excluding carboxylic acids is 3. The highest BCUT2D eigenvalue weighted by Gasteiger charge is 2.31. The number of fused-ring (bicyclic) bond motifs is 1. The summed E-state index contributed by atoms with van der Waals surface area (Å²) in [4.78, 5) is 49.1.